The summed E-state index contributed by atoms with van der Waals surface area (Å²) in [6, 6.07) is -0.359. The van der Waals surface area contributed by atoms with Gasteiger partial charge >= 0.3 is 5.97 Å². The first-order chi connectivity index (χ1) is 8.25. The minimum absolute atomic E-state index is 0.119. The van der Waals surface area contributed by atoms with E-state index in [4.69, 9.17) is 5.11 Å². The van der Waals surface area contributed by atoms with E-state index < -0.39 is 12.0 Å². The molecule has 3 N–H and O–H groups in total. The molecule has 1 aromatic heterocycles. The third-order valence-corrected chi connectivity index (χ3v) is 4.00. The standard InChI is InChI=1S/C12H17N3O2/c16-12(17)9-5-8-11(14-6-13-8)10(15-9)7-3-1-2-4-7/h6-7,9-10,15H,1-5H2,(H,13,14)(H,16,17)/t9-,10?/m1/s1. The topological polar surface area (TPSA) is 78.0 Å². The van der Waals surface area contributed by atoms with Gasteiger partial charge in [0, 0.05) is 12.1 Å². The molecular weight excluding hydrogens is 218 g/mol. The number of H-pyrrole nitrogens is 1. The van der Waals surface area contributed by atoms with Crippen molar-refractivity contribution >= 4 is 5.97 Å². The Labute approximate surface area is 99.6 Å². The van der Waals surface area contributed by atoms with Crippen molar-refractivity contribution in [1.29, 1.82) is 0 Å². The number of nitrogens with one attached hydrogen (secondary N) is 2. The van der Waals surface area contributed by atoms with E-state index in [2.05, 4.69) is 15.3 Å². The Kier molecular flexibility index (Phi) is 2.63. The zero-order valence-corrected chi connectivity index (χ0v) is 9.65. The van der Waals surface area contributed by atoms with Crippen molar-refractivity contribution in [1.82, 2.24) is 15.3 Å². The second-order valence-corrected chi connectivity index (χ2v) is 5.05. The molecule has 0 aromatic carbocycles. The van der Waals surface area contributed by atoms with E-state index in [1.165, 1.54) is 25.7 Å². The molecule has 1 aliphatic carbocycles. The van der Waals surface area contributed by atoms with Gasteiger partial charge in [0.1, 0.15) is 6.04 Å². The smallest absolute Gasteiger partial charge is 0.321 e. The number of carbonyl (C=O) groups is 1. The molecule has 3 rings (SSSR count). The van der Waals surface area contributed by atoms with Crippen LogP contribution in [0.25, 0.3) is 0 Å². The molecule has 1 aromatic rings. The van der Waals surface area contributed by atoms with Crippen molar-refractivity contribution in [2.24, 2.45) is 5.92 Å². The van der Waals surface area contributed by atoms with Gasteiger partial charge in [-0.3, -0.25) is 10.1 Å². The van der Waals surface area contributed by atoms with E-state index in [9.17, 15) is 4.79 Å². The zero-order chi connectivity index (χ0) is 11.8. The molecule has 2 atom stereocenters. The van der Waals surface area contributed by atoms with E-state index >= 15 is 0 Å². The Morgan fingerprint density at radius 2 is 2.18 bits per heavy atom. The van der Waals surface area contributed by atoms with Gasteiger partial charge in [0.15, 0.2) is 0 Å². The van der Waals surface area contributed by atoms with E-state index in [1.54, 1.807) is 6.33 Å². The highest BCUT2D eigenvalue weighted by atomic mass is 16.4. The number of aliphatic carboxylic acids is 1. The lowest BCUT2D eigenvalue weighted by molar-refractivity contribution is -0.140. The largest absolute Gasteiger partial charge is 0.480 e. The van der Waals surface area contributed by atoms with Crippen LogP contribution in [0.15, 0.2) is 6.33 Å². The summed E-state index contributed by atoms with van der Waals surface area (Å²) in [5.41, 5.74) is 2.03. The van der Waals surface area contributed by atoms with Crippen LogP contribution in [-0.4, -0.2) is 27.1 Å². The zero-order valence-electron chi connectivity index (χ0n) is 9.65. The molecule has 0 spiro atoms. The summed E-state index contributed by atoms with van der Waals surface area (Å²) in [6.45, 7) is 0. The van der Waals surface area contributed by atoms with Crippen LogP contribution in [0.2, 0.25) is 0 Å². The molecule has 0 amide bonds. The van der Waals surface area contributed by atoms with Crippen LogP contribution in [0.1, 0.15) is 43.1 Å². The predicted octanol–water partition coefficient (Wildman–Crippen LogP) is 1.24. The molecule has 1 aliphatic heterocycles. The number of rotatable bonds is 2. The lowest BCUT2D eigenvalue weighted by atomic mass is 9.89. The lowest BCUT2D eigenvalue weighted by Gasteiger charge is -2.31. The highest BCUT2D eigenvalue weighted by Gasteiger charge is 2.37. The number of aromatic nitrogens is 2. The molecule has 5 nitrogen and oxygen atoms in total. The van der Waals surface area contributed by atoms with Crippen LogP contribution in [0.5, 0.6) is 0 Å². The van der Waals surface area contributed by atoms with Gasteiger partial charge in [-0.15, -0.1) is 0 Å². The van der Waals surface area contributed by atoms with Gasteiger partial charge in [0.05, 0.1) is 18.1 Å². The molecule has 5 heteroatoms. The van der Waals surface area contributed by atoms with Crippen LogP contribution in [0.4, 0.5) is 0 Å². The highest BCUT2D eigenvalue weighted by Crippen LogP contribution is 2.38. The van der Waals surface area contributed by atoms with Crippen LogP contribution in [0.3, 0.4) is 0 Å². The molecule has 0 radical (unpaired) electrons. The van der Waals surface area contributed by atoms with Gasteiger partial charge in [0.2, 0.25) is 0 Å². The minimum Gasteiger partial charge on any atom is -0.480 e. The molecule has 2 aliphatic rings. The van der Waals surface area contributed by atoms with Gasteiger partial charge in [-0.2, -0.15) is 0 Å². The Morgan fingerprint density at radius 1 is 1.41 bits per heavy atom. The maximum absolute atomic E-state index is 11.1. The maximum Gasteiger partial charge on any atom is 0.321 e. The van der Waals surface area contributed by atoms with Crippen LogP contribution < -0.4 is 5.32 Å². The molecule has 1 saturated carbocycles. The Morgan fingerprint density at radius 3 is 2.88 bits per heavy atom. The van der Waals surface area contributed by atoms with Gasteiger partial charge in [0.25, 0.3) is 0 Å². The Bertz CT molecular complexity index is 423. The summed E-state index contributed by atoms with van der Waals surface area (Å²) in [5, 5.41) is 12.4. The van der Waals surface area contributed by atoms with Crippen molar-refractivity contribution < 1.29 is 9.90 Å². The molecule has 1 unspecified atom stereocenters. The first-order valence-electron chi connectivity index (χ1n) is 6.26. The monoisotopic (exact) mass is 235 g/mol. The number of carboxylic acids is 1. The van der Waals surface area contributed by atoms with E-state index in [1.807, 2.05) is 0 Å². The van der Waals surface area contributed by atoms with Gasteiger partial charge in [-0.05, 0) is 18.8 Å². The quantitative estimate of drug-likeness (QED) is 0.720. The maximum atomic E-state index is 11.1. The third-order valence-electron chi connectivity index (χ3n) is 4.00. The van der Waals surface area contributed by atoms with Crippen LogP contribution in [0, 0.1) is 5.92 Å². The molecule has 0 saturated heterocycles. The van der Waals surface area contributed by atoms with Gasteiger partial charge in [-0.25, -0.2) is 4.98 Å². The average Bonchev–Trinajstić information content (AvgIpc) is 2.98. The second kappa shape index (κ2) is 4.14. The molecule has 17 heavy (non-hydrogen) atoms. The van der Waals surface area contributed by atoms with Crippen molar-refractivity contribution in [3.8, 4) is 0 Å². The molecule has 0 bridgehead atoms. The number of nitrogens with zero attached hydrogens (tertiary/aromatic N) is 1. The van der Waals surface area contributed by atoms with Crippen LogP contribution in [-0.2, 0) is 11.2 Å². The average molecular weight is 235 g/mol. The SMILES string of the molecule is O=C(O)[C@H]1Cc2[nH]cnc2C(C2CCCC2)N1. The summed E-state index contributed by atoms with van der Waals surface area (Å²) in [4.78, 5) is 18.6. The number of hydrogen-bond acceptors (Lipinski definition) is 3. The molecule has 1 fully saturated rings. The molecular formula is C12H17N3O2. The van der Waals surface area contributed by atoms with Crippen molar-refractivity contribution in [2.45, 2.75) is 44.2 Å². The fourth-order valence-corrected chi connectivity index (χ4v) is 3.13. The van der Waals surface area contributed by atoms with E-state index in [0.29, 0.717) is 12.3 Å². The summed E-state index contributed by atoms with van der Waals surface area (Å²) in [5.74, 6) is -0.229. The molecule has 92 valence electrons. The first-order valence-corrected chi connectivity index (χ1v) is 6.26. The first kappa shape index (κ1) is 10.8. The Hall–Kier alpha value is -1.36. The van der Waals surface area contributed by atoms with Gasteiger partial charge < -0.3 is 10.1 Å². The Balaban J connectivity index is 1.89. The van der Waals surface area contributed by atoms with Crippen molar-refractivity contribution in [3.05, 3.63) is 17.7 Å². The number of carboxylic acid groups (broad SMARTS) is 1. The number of imidazole rings is 1. The second-order valence-electron chi connectivity index (χ2n) is 5.05. The number of aromatic amines is 1. The summed E-state index contributed by atoms with van der Waals surface area (Å²) in [6.07, 6.45) is 7.04. The lowest BCUT2D eigenvalue weighted by Crippen LogP contribution is -2.46. The van der Waals surface area contributed by atoms with Crippen LogP contribution >= 0.6 is 0 Å². The summed E-state index contributed by atoms with van der Waals surface area (Å²) >= 11 is 0. The van der Waals surface area contributed by atoms with Crippen molar-refractivity contribution in [2.75, 3.05) is 0 Å². The molecule has 2 heterocycles. The van der Waals surface area contributed by atoms with E-state index in [0.717, 1.165) is 11.4 Å². The minimum atomic E-state index is -0.770. The summed E-state index contributed by atoms with van der Waals surface area (Å²) < 4.78 is 0. The number of hydrogen-bond donors (Lipinski definition) is 3. The normalized spacial score (nSPS) is 29.2. The number of fused-ring (bicyclic) bond motifs is 1. The van der Waals surface area contributed by atoms with Gasteiger partial charge in [-0.1, -0.05) is 12.8 Å². The highest BCUT2D eigenvalue weighted by molar-refractivity contribution is 5.74. The third kappa shape index (κ3) is 1.84. The summed E-state index contributed by atoms with van der Waals surface area (Å²) in [7, 11) is 0. The fourth-order valence-electron chi connectivity index (χ4n) is 3.13. The predicted molar refractivity (Wildman–Crippen MR) is 61.6 cm³/mol. The fraction of sp³-hybridized carbons (Fsp3) is 0.667. The van der Waals surface area contributed by atoms with E-state index in [-0.39, 0.29) is 6.04 Å². The van der Waals surface area contributed by atoms with Crippen molar-refractivity contribution in [3.63, 3.8) is 0 Å².